The van der Waals surface area contributed by atoms with E-state index in [-0.39, 0.29) is 11.9 Å². The Labute approximate surface area is 129 Å². The number of pyridine rings is 1. The molecular weight excluding hydrogens is 286 g/mol. The molecule has 0 radical (unpaired) electrons. The van der Waals surface area contributed by atoms with E-state index in [2.05, 4.69) is 4.98 Å². The van der Waals surface area contributed by atoms with Crippen LogP contribution in [0.25, 0.3) is 11.3 Å². The molecule has 0 unspecified atom stereocenters. The molecule has 0 saturated heterocycles. The first-order chi connectivity index (χ1) is 10.0. The lowest BCUT2D eigenvalue weighted by molar-refractivity contribution is 0.0524. The minimum Gasteiger partial charge on any atom is -0.462 e. The highest BCUT2D eigenvalue weighted by Gasteiger charge is 2.18. The predicted octanol–water partition coefficient (Wildman–Crippen LogP) is 4.70. The first kappa shape index (κ1) is 15.5. The van der Waals surface area contributed by atoms with Gasteiger partial charge in [-0.2, -0.15) is 0 Å². The molecule has 0 aliphatic rings. The fourth-order valence-corrected chi connectivity index (χ4v) is 2.35. The fraction of sp³-hybridized carbons (Fsp3) is 0.294. The second kappa shape index (κ2) is 6.72. The van der Waals surface area contributed by atoms with E-state index in [0.717, 1.165) is 17.0 Å². The highest BCUT2D eigenvalue weighted by molar-refractivity contribution is 6.33. The van der Waals surface area contributed by atoms with E-state index >= 15 is 0 Å². The summed E-state index contributed by atoms with van der Waals surface area (Å²) in [7, 11) is 0. The lowest BCUT2D eigenvalue weighted by atomic mass is 10.0. The summed E-state index contributed by atoms with van der Waals surface area (Å²) in [6, 6.07) is 11.1. The molecule has 0 N–H and O–H groups in total. The van der Waals surface area contributed by atoms with Gasteiger partial charge in [0.15, 0.2) is 0 Å². The number of carbonyl (C=O) groups excluding carboxylic acids is 1. The van der Waals surface area contributed by atoms with Crippen molar-refractivity contribution in [1.29, 1.82) is 0 Å². The molecule has 110 valence electrons. The molecule has 0 amide bonds. The lowest BCUT2D eigenvalue weighted by Gasteiger charge is -2.13. The van der Waals surface area contributed by atoms with Crippen LogP contribution in [0.15, 0.2) is 36.4 Å². The fourth-order valence-electron chi connectivity index (χ4n) is 2.12. The van der Waals surface area contributed by atoms with Gasteiger partial charge < -0.3 is 4.74 Å². The number of halogens is 1. The number of ether oxygens (including phenoxy) is 1. The van der Waals surface area contributed by atoms with Gasteiger partial charge in [-0.3, -0.25) is 4.98 Å². The summed E-state index contributed by atoms with van der Waals surface area (Å²) < 4.78 is 5.08. The minimum absolute atomic E-state index is 0.117. The third-order valence-electron chi connectivity index (χ3n) is 3.12. The van der Waals surface area contributed by atoms with E-state index in [0.29, 0.717) is 17.2 Å². The molecule has 4 heteroatoms. The maximum atomic E-state index is 12.0. The third-order valence-corrected chi connectivity index (χ3v) is 3.45. The quantitative estimate of drug-likeness (QED) is 0.768. The molecule has 0 bridgehead atoms. The van der Waals surface area contributed by atoms with Crippen LogP contribution in [-0.2, 0) is 4.74 Å². The van der Waals surface area contributed by atoms with Gasteiger partial charge in [0, 0.05) is 10.6 Å². The molecular formula is C17H18ClNO2. The maximum Gasteiger partial charge on any atom is 0.339 e. The largest absolute Gasteiger partial charge is 0.462 e. The minimum atomic E-state index is -0.334. The van der Waals surface area contributed by atoms with Crippen molar-refractivity contribution in [3.8, 4) is 11.3 Å². The molecule has 0 fully saturated rings. The van der Waals surface area contributed by atoms with Gasteiger partial charge >= 0.3 is 5.97 Å². The van der Waals surface area contributed by atoms with Crippen LogP contribution in [0.4, 0.5) is 0 Å². The van der Waals surface area contributed by atoms with Gasteiger partial charge in [-0.1, -0.05) is 43.6 Å². The first-order valence-electron chi connectivity index (χ1n) is 6.97. The number of aromatic nitrogens is 1. The molecule has 0 atom stereocenters. The number of benzene rings is 1. The molecule has 21 heavy (non-hydrogen) atoms. The van der Waals surface area contributed by atoms with E-state index in [1.54, 1.807) is 19.1 Å². The third kappa shape index (κ3) is 3.42. The van der Waals surface area contributed by atoms with Crippen molar-refractivity contribution in [2.24, 2.45) is 0 Å². The second-order valence-corrected chi connectivity index (χ2v) is 5.39. The molecule has 3 nitrogen and oxygen atoms in total. The van der Waals surface area contributed by atoms with Gasteiger partial charge in [0.1, 0.15) is 0 Å². The van der Waals surface area contributed by atoms with Crippen molar-refractivity contribution < 1.29 is 9.53 Å². The predicted molar refractivity (Wildman–Crippen MR) is 84.7 cm³/mol. The average molecular weight is 304 g/mol. The van der Waals surface area contributed by atoms with Crippen molar-refractivity contribution in [3.63, 3.8) is 0 Å². The Morgan fingerprint density at radius 3 is 2.57 bits per heavy atom. The van der Waals surface area contributed by atoms with Crippen LogP contribution in [0.5, 0.6) is 0 Å². The number of rotatable bonds is 4. The zero-order chi connectivity index (χ0) is 15.4. The van der Waals surface area contributed by atoms with Gasteiger partial charge in [0.25, 0.3) is 0 Å². The Morgan fingerprint density at radius 1 is 1.24 bits per heavy atom. The Kier molecular flexibility index (Phi) is 4.97. The standard InChI is InChI=1S/C17H18ClNO2/c1-4-21-17(20)13-9-10-15(19-16(13)11(2)3)12-7-5-6-8-14(12)18/h5-11H,4H2,1-3H3. The summed E-state index contributed by atoms with van der Waals surface area (Å²) in [5.41, 5.74) is 2.86. The molecule has 2 rings (SSSR count). The number of esters is 1. The van der Waals surface area contributed by atoms with Crippen molar-refractivity contribution in [2.75, 3.05) is 6.61 Å². The van der Waals surface area contributed by atoms with Crippen LogP contribution in [0, 0.1) is 0 Å². The van der Waals surface area contributed by atoms with Crippen LogP contribution in [0.3, 0.4) is 0 Å². The molecule has 0 spiro atoms. The molecule has 0 aliphatic carbocycles. The Bertz CT molecular complexity index is 653. The van der Waals surface area contributed by atoms with Crippen LogP contribution >= 0.6 is 11.6 Å². The summed E-state index contributed by atoms with van der Waals surface area (Å²) in [4.78, 5) is 16.6. The Hall–Kier alpha value is -1.87. The maximum absolute atomic E-state index is 12.0. The van der Waals surface area contributed by atoms with Crippen LogP contribution in [0.1, 0.15) is 42.7 Å². The van der Waals surface area contributed by atoms with Crippen molar-refractivity contribution in [1.82, 2.24) is 4.98 Å². The number of carbonyl (C=O) groups is 1. The van der Waals surface area contributed by atoms with Crippen LogP contribution in [-0.4, -0.2) is 17.6 Å². The van der Waals surface area contributed by atoms with E-state index in [9.17, 15) is 4.79 Å². The highest BCUT2D eigenvalue weighted by Crippen LogP contribution is 2.28. The van der Waals surface area contributed by atoms with E-state index in [4.69, 9.17) is 16.3 Å². The molecule has 1 heterocycles. The van der Waals surface area contributed by atoms with E-state index in [1.165, 1.54) is 0 Å². The molecule has 1 aromatic heterocycles. The first-order valence-corrected chi connectivity index (χ1v) is 7.35. The molecule has 0 saturated carbocycles. The second-order valence-electron chi connectivity index (χ2n) is 4.98. The van der Waals surface area contributed by atoms with Crippen molar-refractivity contribution >= 4 is 17.6 Å². The number of hydrogen-bond acceptors (Lipinski definition) is 3. The van der Waals surface area contributed by atoms with Crippen molar-refractivity contribution in [3.05, 3.63) is 52.7 Å². The average Bonchev–Trinajstić information content (AvgIpc) is 2.47. The molecule has 1 aromatic carbocycles. The van der Waals surface area contributed by atoms with Gasteiger partial charge in [-0.05, 0) is 31.0 Å². The lowest BCUT2D eigenvalue weighted by Crippen LogP contribution is -2.11. The molecule has 0 aliphatic heterocycles. The number of nitrogens with zero attached hydrogens (tertiary/aromatic N) is 1. The zero-order valence-electron chi connectivity index (χ0n) is 12.4. The van der Waals surface area contributed by atoms with E-state index in [1.807, 2.05) is 38.1 Å². The van der Waals surface area contributed by atoms with E-state index < -0.39 is 0 Å². The number of hydrogen-bond donors (Lipinski definition) is 0. The summed E-state index contributed by atoms with van der Waals surface area (Å²) in [6.45, 7) is 6.14. The Morgan fingerprint density at radius 2 is 1.95 bits per heavy atom. The smallest absolute Gasteiger partial charge is 0.339 e. The summed E-state index contributed by atoms with van der Waals surface area (Å²) >= 11 is 6.21. The summed E-state index contributed by atoms with van der Waals surface area (Å²) in [5, 5.41) is 0.642. The topological polar surface area (TPSA) is 39.2 Å². The van der Waals surface area contributed by atoms with Crippen LogP contribution < -0.4 is 0 Å². The van der Waals surface area contributed by atoms with Gasteiger partial charge in [0.2, 0.25) is 0 Å². The highest BCUT2D eigenvalue weighted by atomic mass is 35.5. The van der Waals surface area contributed by atoms with Crippen molar-refractivity contribution in [2.45, 2.75) is 26.7 Å². The monoisotopic (exact) mass is 303 g/mol. The van der Waals surface area contributed by atoms with Gasteiger partial charge in [-0.25, -0.2) is 4.79 Å². The normalized spacial score (nSPS) is 10.7. The Balaban J connectivity index is 2.51. The van der Waals surface area contributed by atoms with Crippen LogP contribution in [0.2, 0.25) is 5.02 Å². The summed E-state index contributed by atoms with van der Waals surface area (Å²) in [6.07, 6.45) is 0. The SMILES string of the molecule is CCOC(=O)c1ccc(-c2ccccc2Cl)nc1C(C)C. The van der Waals surface area contributed by atoms with Gasteiger partial charge in [-0.15, -0.1) is 0 Å². The summed E-state index contributed by atoms with van der Waals surface area (Å²) in [5.74, 6) is -0.216. The zero-order valence-corrected chi connectivity index (χ0v) is 13.1. The molecule has 2 aromatic rings. The van der Waals surface area contributed by atoms with Gasteiger partial charge in [0.05, 0.1) is 23.6 Å².